The highest BCUT2D eigenvalue weighted by molar-refractivity contribution is 5.93. The van der Waals surface area contributed by atoms with Gasteiger partial charge in [0.05, 0.1) is 5.56 Å². The van der Waals surface area contributed by atoms with Crippen LogP contribution in [0.2, 0.25) is 0 Å². The van der Waals surface area contributed by atoms with E-state index in [1.54, 1.807) is 24.5 Å². The minimum Gasteiger partial charge on any atom is -0.350 e. The molecule has 31 heavy (non-hydrogen) atoms. The molecule has 0 bridgehead atoms. The van der Waals surface area contributed by atoms with Crippen LogP contribution in [0.15, 0.2) is 24.5 Å². The number of nitrogens with zero attached hydrogens (tertiary/aromatic N) is 3. The van der Waals surface area contributed by atoms with Gasteiger partial charge in [0.15, 0.2) is 0 Å². The maximum Gasteiger partial charge on any atom is 0.252 e. The molecule has 0 saturated carbocycles. The molecule has 1 amide bonds. The van der Waals surface area contributed by atoms with Gasteiger partial charge in [-0.3, -0.25) is 14.7 Å². The van der Waals surface area contributed by atoms with Crippen molar-refractivity contribution in [2.75, 3.05) is 39.3 Å². The zero-order chi connectivity index (χ0) is 22.3. The summed E-state index contributed by atoms with van der Waals surface area (Å²) >= 11 is 0. The van der Waals surface area contributed by atoms with Crippen LogP contribution < -0.4 is 11.1 Å². The van der Waals surface area contributed by atoms with Crippen LogP contribution in [0.1, 0.15) is 82.0 Å². The molecule has 0 spiro atoms. The average Bonchev–Trinajstić information content (AvgIpc) is 2.79. The number of nitrogens with two attached hydrogens (primary N) is 1. The summed E-state index contributed by atoms with van der Waals surface area (Å²) in [6.07, 6.45) is 14.7. The van der Waals surface area contributed by atoms with E-state index in [1.807, 2.05) is 0 Å². The lowest BCUT2D eigenvalue weighted by molar-refractivity contribution is 0.0950. The number of nitrogens with one attached hydrogen (secondary N) is 1. The molecular weight excluding hydrogens is 386 g/mol. The lowest BCUT2D eigenvalue weighted by atomic mass is 10.0. The predicted molar refractivity (Wildman–Crippen MR) is 129 cm³/mol. The van der Waals surface area contributed by atoms with Gasteiger partial charge in [0.25, 0.3) is 5.91 Å². The molecule has 1 aliphatic heterocycles. The minimum absolute atomic E-state index is 0.0306. The highest BCUT2D eigenvalue weighted by atomic mass is 16.1. The normalized spacial score (nSPS) is 16.5. The van der Waals surface area contributed by atoms with Gasteiger partial charge in [-0.2, -0.15) is 0 Å². The Hall–Kier alpha value is -1.50. The first-order chi connectivity index (χ1) is 15.1. The lowest BCUT2D eigenvalue weighted by Gasteiger charge is -2.36. The fourth-order valence-corrected chi connectivity index (χ4v) is 4.23. The van der Waals surface area contributed by atoms with Crippen LogP contribution in [-0.2, 0) is 0 Å². The van der Waals surface area contributed by atoms with Crippen LogP contribution in [0.25, 0.3) is 0 Å². The summed E-state index contributed by atoms with van der Waals surface area (Å²) in [6.45, 7) is 11.4. The highest BCUT2D eigenvalue weighted by Gasteiger charge is 2.17. The van der Waals surface area contributed by atoms with Crippen molar-refractivity contribution in [1.29, 1.82) is 0 Å². The fourth-order valence-electron chi connectivity index (χ4n) is 4.23. The number of hydrogen-bond donors (Lipinski definition) is 2. The summed E-state index contributed by atoms with van der Waals surface area (Å²) in [4.78, 5) is 21.2. The van der Waals surface area contributed by atoms with Crippen molar-refractivity contribution in [2.45, 2.75) is 83.7 Å². The van der Waals surface area contributed by atoms with E-state index in [0.717, 1.165) is 12.8 Å². The molecule has 1 fully saturated rings. The lowest BCUT2D eigenvalue weighted by Crippen LogP contribution is -2.48. The number of amides is 1. The second-order valence-electron chi connectivity index (χ2n) is 9.30. The van der Waals surface area contributed by atoms with Crippen LogP contribution in [-0.4, -0.2) is 72.0 Å². The molecule has 1 aromatic heterocycles. The SMILES string of the molecule is CC(C)N1CCN(CCCCCCCCCCC(N)CNC(=O)c2cccnc2)CC1. The molecule has 176 valence electrons. The van der Waals surface area contributed by atoms with Gasteiger partial charge in [0.1, 0.15) is 0 Å². The van der Waals surface area contributed by atoms with Gasteiger partial charge in [-0.15, -0.1) is 0 Å². The Bertz CT molecular complexity index is 587. The Morgan fingerprint density at radius 1 is 1.03 bits per heavy atom. The molecule has 3 N–H and O–H groups in total. The zero-order valence-corrected chi connectivity index (χ0v) is 19.9. The van der Waals surface area contributed by atoms with Crippen molar-refractivity contribution in [3.63, 3.8) is 0 Å². The number of hydrogen-bond acceptors (Lipinski definition) is 5. The van der Waals surface area contributed by atoms with Gasteiger partial charge < -0.3 is 16.0 Å². The van der Waals surface area contributed by atoms with Gasteiger partial charge in [-0.05, 0) is 45.4 Å². The first-order valence-corrected chi connectivity index (χ1v) is 12.5. The third kappa shape index (κ3) is 11.1. The molecule has 2 rings (SSSR count). The van der Waals surface area contributed by atoms with Crippen molar-refractivity contribution in [2.24, 2.45) is 5.73 Å². The zero-order valence-electron chi connectivity index (χ0n) is 19.9. The second kappa shape index (κ2) is 15.3. The van der Waals surface area contributed by atoms with Gasteiger partial charge >= 0.3 is 0 Å². The molecule has 1 aromatic rings. The average molecular weight is 432 g/mol. The molecule has 2 heterocycles. The summed E-state index contributed by atoms with van der Waals surface area (Å²) in [6, 6.07) is 4.25. The Labute approximate surface area is 190 Å². The summed E-state index contributed by atoms with van der Waals surface area (Å²) in [5.41, 5.74) is 6.73. The van der Waals surface area contributed by atoms with E-state index in [0.29, 0.717) is 18.2 Å². The van der Waals surface area contributed by atoms with E-state index >= 15 is 0 Å². The largest absolute Gasteiger partial charge is 0.350 e. The predicted octanol–water partition coefficient (Wildman–Crippen LogP) is 3.68. The summed E-state index contributed by atoms with van der Waals surface area (Å²) in [5, 5.41) is 2.90. The van der Waals surface area contributed by atoms with Gasteiger partial charge in [-0.1, -0.05) is 44.9 Å². The second-order valence-corrected chi connectivity index (χ2v) is 9.30. The topological polar surface area (TPSA) is 74.5 Å². The quantitative estimate of drug-likeness (QED) is 0.415. The molecule has 6 nitrogen and oxygen atoms in total. The monoisotopic (exact) mass is 431 g/mol. The number of carbonyl (C=O) groups excluding carboxylic acids is 1. The third-order valence-corrected chi connectivity index (χ3v) is 6.38. The van der Waals surface area contributed by atoms with E-state index < -0.39 is 0 Å². The molecule has 1 aliphatic rings. The molecule has 1 saturated heterocycles. The molecular formula is C25H45N5O. The summed E-state index contributed by atoms with van der Waals surface area (Å²) in [7, 11) is 0. The summed E-state index contributed by atoms with van der Waals surface area (Å²) in [5.74, 6) is -0.0960. The van der Waals surface area contributed by atoms with E-state index in [9.17, 15) is 4.79 Å². The Morgan fingerprint density at radius 2 is 1.68 bits per heavy atom. The maximum atomic E-state index is 12.0. The Kier molecular flexibility index (Phi) is 12.7. The fraction of sp³-hybridized carbons (Fsp3) is 0.760. The highest BCUT2D eigenvalue weighted by Crippen LogP contribution is 2.12. The number of unbranched alkanes of at least 4 members (excludes halogenated alkanes) is 7. The standard InChI is InChI=1S/C25H45N5O/c1-22(2)30-18-16-29(17-19-30)15-10-8-6-4-3-5-7-9-13-24(26)21-28-25(31)23-12-11-14-27-20-23/h11-12,14,20,22,24H,3-10,13,15-19,21,26H2,1-2H3,(H,28,31). The minimum atomic E-state index is -0.0960. The molecule has 1 atom stereocenters. The maximum absolute atomic E-state index is 12.0. The van der Waals surface area contributed by atoms with E-state index in [4.69, 9.17) is 5.73 Å². The van der Waals surface area contributed by atoms with Crippen molar-refractivity contribution in [3.8, 4) is 0 Å². The van der Waals surface area contributed by atoms with Crippen molar-refractivity contribution in [1.82, 2.24) is 20.1 Å². The van der Waals surface area contributed by atoms with Crippen LogP contribution in [0.5, 0.6) is 0 Å². The van der Waals surface area contributed by atoms with Crippen LogP contribution in [0, 0.1) is 0 Å². The number of pyridine rings is 1. The van der Waals surface area contributed by atoms with E-state index in [1.165, 1.54) is 77.7 Å². The molecule has 0 aromatic carbocycles. The molecule has 0 aliphatic carbocycles. The van der Waals surface area contributed by atoms with Crippen LogP contribution >= 0.6 is 0 Å². The van der Waals surface area contributed by atoms with Crippen molar-refractivity contribution in [3.05, 3.63) is 30.1 Å². The first-order valence-electron chi connectivity index (χ1n) is 12.5. The van der Waals surface area contributed by atoms with Gasteiger partial charge in [0.2, 0.25) is 0 Å². The number of rotatable bonds is 15. The van der Waals surface area contributed by atoms with Crippen molar-refractivity contribution < 1.29 is 4.79 Å². The first kappa shape index (κ1) is 25.8. The van der Waals surface area contributed by atoms with E-state index in [-0.39, 0.29) is 11.9 Å². The van der Waals surface area contributed by atoms with Gasteiger partial charge in [-0.25, -0.2) is 0 Å². The van der Waals surface area contributed by atoms with E-state index in [2.05, 4.69) is 33.9 Å². The molecule has 0 radical (unpaired) electrons. The number of piperazine rings is 1. The Morgan fingerprint density at radius 3 is 2.29 bits per heavy atom. The van der Waals surface area contributed by atoms with Crippen LogP contribution in [0.3, 0.4) is 0 Å². The smallest absolute Gasteiger partial charge is 0.252 e. The van der Waals surface area contributed by atoms with Crippen LogP contribution in [0.4, 0.5) is 0 Å². The molecule has 6 heteroatoms. The third-order valence-electron chi connectivity index (χ3n) is 6.38. The van der Waals surface area contributed by atoms with Crippen molar-refractivity contribution >= 4 is 5.91 Å². The Balaban J connectivity index is 1.35. The summed E-state index contributed by atoms with van der Waals surface area (Å²) < 4.78 is 0. The van der Waals surface area contributed by atoms with Gasteiger partial charge in [0, 0.05) is 57.2 Å². The number of aromatic nitrogens is 1. The number of carbonyl (C=O) groups is 1. The molecule has 1 unspecified atom stereocenters.